The lowest BCUT2D eigenvalue weighted by atomic mass is 10.0. The SMILES string of the molecule is N/C(=N\OCC(=O)N1N=C(c2ccc(Cl)cc2)CC1c1ccco1)c1cccs1. The van der Waals surface area contributed by atoms with Crippen LogP contribution in [0, 0.1) is 0 Å². The van der Waals surface area contributed by atoms with Crippen molar-refractivity contribution in [3.8, 4) is 0 Å². The van der Waals surface area contributed by atoms with Gasteiger partial charge in [0.2, 0.25) is 0 Å². The number of oxime groups is 1. The maximum absolute atomic E-state index is 12.8. The minimum Gasteiger partial charge on any atom is -0.467 e. The Kier molecular flexibility index (Phi) is 5.64. The van der Waals surface area contributed by atoms with Crippen molar-refractivity contribution in [2.24, 2.45) is 16.0 Å². The Morgan fingerprint density at radius 1 is 1.31 bits per heavy atom. The highest BCUT2D eigenvalue weighted by atomic mass is 35.5. The Morgan fingerprint density at radius 3 is 2.83 bits per heavy atom. The first-order valence-corrected chi connectivity index (χ1v) is 10.1. The molecule has 0 bridgehead atoms. The van der Waals surface area contributed by atoms with Gasteiger partial charge in [-0.15, -0.1) is 11.3 Å². The third-order valence-electron chi connectivity index (χ3n) is 4.34. The number of nitrogens with zero attached hydrogens (tertiary/aromatic N) is 3. The summed E-state index contributed by atoms with van der Waals surface area (Å²) in [6.45, 7) is -0.291. The Labute approximate surface area is 176 Å². The van der Waals surface area contributed by atoms with E-state index in [0.29, 0.717) is 17.2 Å². The van der Waals surface area contributed by atoms with E-state index in [1.165, 1.54) is 16.3 Å². The first-order chi connectivity index (χ1) is 14.1. The molecule has 4 rings (SSSR count). The van der Waals surface area contributed by atoms with Crippen molar-refractivity contribution >= 4 is 40.4 Å². The number of thiophene rings is 1. The number of halogens is 1. The molecule has 0 aliphatic carbocycles. The number of amidine groups is 1. The minimum atomic E-state index is -0.356. The number of benzene rings is 1. The number of nitrogens with two attached hydrogens (primary N) is 1. The molecule has 148 valence electrons. The van der Waals surface area contributed by atoms with Crippen LogP contribution in [0.3, 0.4) is 0 Å². The second-order valence-electron chi connectivity index (χ2n) is 6.25. The molecule has 2 N–H and O–H groups in total. The van der Waals surface area contributed by atoms with Gasteiger partial charge in [-0.3, -0.25) is 4.79 Å². The molecule has 1 aromatic carbocycles. The van der Waals surface area contributed by atoms with Crippen LogP contribution in [0.2, 0.25) is 5.02 Å². The van der Waals surface area contributed by atoms with Crippen LogP contribution in [-0.2, 0) is 9.63 Å². The largest absolute Gasteiger partial charge is 0.467 e. The monoisotopic (exact) mass is 428 g/mol. The molecule has 1 amide bonds. The third-order valence-corrected chi connectivity index (χ3v) is 5.48. The molecular formula is C20H17ClN4O3S. The second-order valence-corrected chi connectivity index (χ2v) is 7.64. The number of amides is 1. The van der Waals surface area contributed by atoms with Crippen LogP contribution in [0.4, 0.5) is 0 Å². The van der Waals surface area contributed by atoms with Crippen molar-refractivity contribution in [3.05, 3.63) is 81.4 Å². The summed E-state index contributed by atoms with van der Waals surface area (Å²) in [5, 5.41) is 12.2. The van der Waals surface area contributed by atoms with E-state index in [1.54, 1.807) is 24.5 Å². The molecule has 0 radical (unpaired) electrons. The van der Waals surface area contributed by atoms with Crippen molar-refractivity contribution in [1.82, 2.24) is 5.01 Å². The Bertz CT molecular complexity index is 1030. The molecule has 0 saturated heterocycles. The summed E-state index contributed by atoms with van der Waals surface area (Å²) in [6, 6.07) is 14.2. The summed E-state index contributed by atoms with van der Waals surface area (Å²) in [6.07, 6.45) is 2.09. The molecule has 1 aliphatic rings. The molecule has 0 spiro atoms. The van der Waals surface area contributed by atoms with E-state index in [1.807, 2.05) is 35.7 Å². The molecule has 3 aromatic rings. The Hall–Kier alpha value is -3.10. The Balaban J connectivity index is 1.50. The van der Waals surface area contributed by atoms with Gasteiger partial charge in [0.1, 0.15) is 11.8 Å². The fraction of sp³-hybridized carbons (Fsp3) is 0.150. The zero-order chi connectivity index (χ0) is 20.2. The fourth-order valence-corrected chi connectivity index (χ4v) is 3.70. The summed E-state index contributed by atoms with van der Waals surface area (Å²) >= 11 is 7.41. The van der Waals surface area contributed by atoms with Crippen molar-refractivity contribution in [2.75, 3.05) is 6.61 Å². The van der Waals surface area contributed by atoms with Crippen LogP contribution in [0.15, 0.2) is 74.8 Å². The highest BCUT2D eigenvalue weighted by molar-refractivity contribution is 7.12. The number of hydrogen-bond acceptors (Lipinski definition) is 6. The topological polar surface area (TPSA) is 93.4 Å². The van der Waals surface area contributed by atoms with E-state index in [9.17, 15) is 4.79 Å². The number of hydrogen-bond donors (Lipinski definition) is 1. The van der Waals surface area contributed by atoms with Crippen molar-refractivity contribution in [1.29, 1.82) is 0 Å². The van der Waals surface area contributed by atoms with E-state index < -0.39 is 0 Å². The number of carbonyl (C=O) groups is 1. The molecule has 1 unspecified atom stereocenters. The van der Waals surface area contributed by atoms with Gasteiger partial charge in [0.15, 0.2) is 12.4 Å². The molecule has 1 aliphatic heterocycles. The first kappa shape index (κ1) is 19.2. The van der Waals surface area contributed by atoms with Crippen molar-refractivity contribution in [2.45, 2.75) is 12.5 Å². The van der Waals surface area contributed by atoms with Crippen molar-refractivity contribution in [3.63, 3.8) is 0 Å². The number of hydrazone groups is 1. The van der Waals surface area contributed by atoms with E-state index in [-0.39, 0.29) is 24.4 Å². The molecule has 29 heavy (non-hydrogen) atoms. The second kappa shape index (κ2) is 8.50. The first-order valence-electron chi connectivity index (χ1n) is 8.80. The van der Waals surface area contributed by atoms with Gasteiger partial charge in [0, 0.05) is 11.4 Å². The van der Waals surface area contributed by atoms with Gasteiger partial charge in [-0.05, 0) is 41.3 Å². The van der Waals surface area contributed by atoms with E-state index in [4.69, 9.17) is 26.6 Å². The maximum Gasteiger partial charge on any atom is 0.284 e. The average molecular weight is 429 g/mol. The van der Waals surface area contributed by atoms with Gasteiger partial charge in [0.05, 0.1) is 16.9 Å². The summed E-state index contributed by atoms with van der Waals surface area (Å²) in [5.74, 6) is 0.521. The van der Waals surface area contributed by atoms with Crippen molar-refractivity contribution < 1.29 is 14.0 Å². The number of carbonyl (C=O) groups excluding carboxylic acids is 1. The number of furan rings is 1. The average Bonchev–Trinajstić information content (AvgIpc) is 3.49. The predicted octanol–water partition coefficient (Wildman–Crippen LogP) is 4.01. The van der Waals surface area contributed by atoms with E-state index in [0.717, 1.165) is 16.2 Å². The van der Waals surface area contributed by atoms with Crippen LogP contribution >= 0.6 is 22.9 Å². The molecule has 1 atom stereocenters. The quantitative estimate of drug-likeness (QED) is 0.364. The summed E-state index contributed by atoms with van der Waals surface area (Å²) in [4.78, 5) is 18.7. The van der Waals surface area contributed by atoms with E-state index >= 15 is 0 Å². The number of rotatable bonds is 6. The summed E-state index contributed by atoms with van der Waals surface area (Å²) < 4.78 is 5.52. The van der Waals surface area contributed by atoms with Crippen LogP contribution in [0.25, 0.3) is 0 Å². The van der Waals surface area contributed by atoms with Crippen LogP contribution < -0.4 is 5.73 Å². The zero-order valence-electron chi connectivity index (χ0n) is 15.2. The van der Waals surface area contributed by atoms with Crippen LogP contribution in [0.1, 0.15) is 28.7 Å². The van der Waals surface area contributed by atoms with Crippen LogP contribution in [0.5, 0.6) is 0 Å². The highest BCUT2D eigenvalue weighted by Crippen LogP contribution is 2.33. The molecular weight excluding hydrogens is 412 g/mol. The third kappa shape index (κ3) is 4.33. The minimum absolute atomic E-state index is 0.224. The maximum atomic E-state index is 12.8. The standard InChI is InChI=1S/C20H17ClN4O3S/c21-14-7-5-13(6-8-14)15-11-16(17-3-1-9-27-17)25(23-15)19(26)12-28-24-20(22)18-4-2-10-29-18/h1-10,16H,11-12H2,(H2,22,24). The normalized spacial score (nSPS) is 16.7. The van der Waals surface area contributed by atoms with Gasteiger partial charge in [-0.2, -0.15) is 5.10 Å². The van der Waals surface area contributed by atoms with Crippen LogP contribution in [-0.4, -0.2) is 29.1 Å². The van der Waals surface area contributed by atoms with Gasteiger partial charge in [0.25, 0.3) is 5.91 Å². The molecule has 0 saturated carbocycles. The molecule has 7 nitrogen and oxygen atoms in total. The summed E-state index contributed by atoms with van der Waals surface area (Å²) in [7, 11) is 0. The lowest BCUT2D eigenvalue weighted by molar-refractivity contribution is -0.138. The molecule has 3 heterocycles. The Morgan fingerprint density at radius 2 is 2.14 bits per heavy atom. The zero-order valence-corrected chi connectivity index (χ0v) is 16.8. The smallest absolute Gasteiger partial charge is 0.284 e. The molecule has 0 fully saturated rings. The van der Waals surface area contributed by atoms with Gasteiger partial charge in [-0.25, -0.2) is 5.01 Å². The fourth-order valence-electron chi connectivity index (χ4n) is 2.95. The van der Waals surface area contributed by atoms with Gasteiger partial charge < -0.3 is 15.0 Å². The highest BCUT2D eigenvalue weighted by Gasteiger charge is 2.35. The lowest BCUT2D eigenvalue weighted by Gasteiger charge is -2.19. The van der Waals surface area contributed by atoms with E-state index in [2.05, 4.69) is 10.3 Å². The molecule has 2 aromatic heterocycles. The van der Waals surface area contributed by atoms with Gasteiger partial charge >= 0.3 is 0 Å². The summed E-state index contributed by atoms with van der Waals surface area (Å²) in [5.41, 5.74) is 7.50. The lowest BCUT2D eigenvalue weighted by Crippen LogP contribution is -2.30. The molecule has 9 heteroatoms. The van der Waals surface area contributed by atoms with Gasteiger partial charge in [-0.1, -0.05) is 35.0 Å². The predicted molar refractivity (Wildman–Crippen MR) is 112 cm³/mol.